The SMILES string of the molecule is CC1(C)O[C@H]2C(=O)C=CC(=O)[C@@H]2O1. The van der Waals surface area contributed by atoms with Crippen LogP contribution in [0.2, 0.25) is 0 Å². The molecule has 0 amide bonds. The zero-order chi connectivity index (χ0) is 9.64. The highest BCUT2D eigenvalue weighted by Crippen LogP contribution is 2.31. The normalized spacial score (nSPS) is 36.5. The lowest BCUT2D eigenvalue weighted by Gasteiger charge is -2.15. The molecule has 1 aliphatic heterocycles. The number of carbonyl (C=O) groups is 2. The van der Waals surface area contributed by atoms with E-state index in [2.05, 4.69) is 0 Å². The average molecular weight is 182 g/mol. The van der Waals surface area contributed by atoms with Crippen molar-refractivity contribution < 1.29 is 19.1 Å². The van der Waals surface area contributed by atoms with Crippen molar-refractivity contribution in [1.82, 2.24) is 0 Å². The molecule has 0 radical (unpaired) electrons. The largest absolute Gasteiger partial charge is 0.336 e. The lowest BCUT2D eigenvalue weighted by atomic mass is 9.99. The van der Waals surface area contributed by atoms with Crippen LogP contribution in [-0.4, -0.2) is 29.6 Å². The molecule has 0 aromatic carbocycles. The predicted molar refractivity (Wildman–Crippen MR) is 43.0 cm³/mol. The second-order valence-electron chi connectivity index (χ2n) is 3.61. The van der Waals surface area contributed by atoms with Crippen molar-refractivity contribution in [1.29, 1.82) is 0 Å². The molecule has 2 rings (SSSR count). The maximum Gasteiger partial charge on any atom is 0.187 e. The summed E-state index contributed by atoms with van der Waals surface area (Å²) in [5, 5.41) is 0. The molecule has 1 aliphatic carbocycles. The fraction of sp³-hybridized carbons (Fsp3) is 0.556. The van der Waals surface area contributed by atoms with Crippen molar-refractivity contribution in [3.63, 3.8) is 0 Å². The van der Waals surface area contributed by atoms with Crippen molar-refractivity contribution in [3.05, 3.63) is 12.2 Å². The van der Waals surface area contributed by atoms with E-state index in [1.807, 2.05) is 0 Å². The lowest BCUT2D eigenvalue weighted by molar-refractivity contribution is -0.155. The van der Waals surface area contributed by atoms with Gasteiger partial charge in [0.1, 0.15) is 0 Å². The Morgan fingerprint density at radius 2 is 1.46 bits per heavy atom. The molecule has 4 nitrogen and oxygen atoms in total. The van der Waals surface area contributed by atoms with E-state index >= 15 is 0 Å². The maximum atomic E-state index is 11.3. The van der Waals surface area contributed by atoms with Gasteiger partial charge in [0.2, 0.25) is 0 Å². The van der Waals surface area contributed by atoms with Crippen molar-refractivity contribution in [2.24, 2.45) is 0 Å². The van der Waals surface area contributed by atoms with Gasteiger partial charge in [-0.1, -0.05) is 0 Å². The van der Waals surface area contributed by atoms with E-state index < -0.39 is 18.0 Å². The minimum atomic E-state index is -0.841. The molecular weight excluding hydrogens is 172 g/mol. The molecule has 1 fully saturated rings. The van der Waals surface area contributed by atoms with Crippen LogP contribution in [0.25, 0.3) is 0 Å². The van der Waals surface area contributed by atoms with E-state index in [9.17, 15) is 9.59 Å². The van der Waals surface area contributed by atoms with E-state index in [1.54, 1.807) is 13.8 Å². The van der Waals surface area contributed by atoms with Crippen LogP contribution in [-0.2, 0) is 19.1 Å². The van der Waals surface area contributed by atoms with Gasteiger partial charge in [0.05, 0.1) is 0 Å². The van der Waals surface area contributed by atoms with Crippen LogP contribution < -0.4 is 0 Å². The Morgan fingerprint density at radius 3 is 1.85 bits per heavy atom. The summed E-state index contributed by atoms with van der Waals surface area (Å²) in [5.74, 6) is -1.24. The van der Waals surface area contributed by atoms with Crippen LogP contribution in [0.1, 0.15) is 13.8 Å². The van der Waals surface area contributed by atoms with Gasteiger partial charge in [-0.25, -0.2) is 0 Å². The first-order valence-electron chi connectivity index (χ1n) is 4.11. The number of ketones is 2. The molecule has 13 heavy (non-hydrogen) atoms. The van der Waals surface area contributed by atoms with Crippen LogP contribution in [0.5, 0.6) is 0 Å². The van der Waals surface area contributed by atoms with Crippen LogP contribution in [0.3, 0.4) is 0 Å². The van der Waals surface area contributed by atoms with Gasteiger partial charge in [-0.05, 0) is 26.0 Å². The topological polar surface area (TPSA) is 52.6 Å². The Hall–Kier alpha value is -1.00. The molecule has 0 N–H and O–H groups in total. The number of rotatable bonds is 0. The number of ether oxygens (including phenoxy) is 2. The van der Waals surface area contributed by atoms with E-state index in [0.29, 0.717) is 0 Å². The number of carbonyl (C=O) groups excluding carboxylic acids is 2. The number of fused-ring (bicyclic) bond motifs is 1. The molecule has 2 atom stereocenters. The molecule has 0 saturated carbocycles. The third-order valence-corrected chi connectivity index (χ3v) is 2.07. The molecular formula is C9H10O4. The predicted octanol–water partition coefficient (Wildman–Crippen LogP) is 0.214. The number of hydrogen-bond donors (Lipinski definition) is 0. The minimum Gasteiger partial charge on any atom is -0.336 e. The summed E-state index contributed by atoms with van der Waals surface area (Å²) >= 11 is 0. The second-order valence-corrected chi connectivity index (χ2v) is 3.61. The quantitative estimate of drug-likeness (QED) is 0.537. The number of hydrogen-bond acceptors (Lipinski definition) is 4. The van der Waals surface area contributed by atoms with E-state index in [4.69, 9.17) is 9.47 Å². The highest BCUT2D eigenvalue weighted by atomic mass is 16.8. The zero-order valence-corrected chi connectivity index (χ0v) is 7.44. The Kier molecular flexibility index (Phi) is 1.65. The molecule has 0 bridgehead atoms. The fourth-order valence-electron chi connectivity index (χ4n) is 1.53. The van der Waals surface area contributed by atoms with Gasteiger partial charge in [0.15, 0.2) is 29.6 Å². The van der Waals surface area contributed by atoms with Gasteiger partial charge >= 0.3 is 0 Å². The van der Waals surface area contributed by atoms with Crippen LogP contribution in [0.4, 0.5) is 0 Å². The summed E-state index contributed by atoms with van der Waals surface area (Å²) in [7, 11) is 0. The third-order valence-electron chi connectivity index (χ3n) is 2.07. The van der Waals surface area contributed by atoms with Crippen molar-refractivity contribution in [2.75, 3.05) is 0 Å². The van der Waals surface area contributed by atoms with E-state index in [1.165, 1.54) is 12.2 Å². The Morgan fingerprint density at radius 1 is 1.08 bits per heavy atom. The smallest absolute Gasteiger partial charge is 0.187 e. The first kappa shape index (κ1) is 8.59. The summed E-state index contributed by atoms with van der Waals surface area (Å²) in [5.41, 5.74) is 0. The van der Waals surface area contributed by atoms with Crippen molar-refractivity contribution in [3.8, 4) is 0 Å². The summed E-state index contributed by atoms with van der Waals surface area (Å²) in [6.07, 6.45) is 1.00. The highest BCUT2D eigenvalue weighted by molar-refractivity contribution is 6.10. The molecule has 0 aromatic rings. The first-order valence-corrected chi connectivity index (χ1v) is 4.11. The van der Waals surface area contributed by atoms with Crippen LogP contribution >= 0.6 is 0 Å². The summed E-state index contributed by atoms with van der Waals surface area (Å²) < 4.78 is 10.6. The minimum absolute atomic E-state index is 0.199. The monoisotopic (exact) mass is 182 g/mol. The van der Waals surface area contributed by atoms with Crippen molar-refractivity contribution in [2.45, 2.75) is 31.8 Å². The zero-order valence-electron chi connectivity index (χ0n) is 7.44. The average Bonchev–Trinajstić information content (AvgIpc) is 2.35. The van der Waals surface area contributed by atoms with E-state index in [-0.39, 0.29) is 11.6 Å². The molecule has 1 heterocycles. The molecule has 0 unspecified atom stereocenters. The highest BCUT2D eigenvalue weighted by Gasteiger charge is 2.48. The molecule has 2 aliphatic rings. The molecule has 0 aromatic heterocycles. The van der Waals surface area contributed by atoms with E-state index in [0.717, 1.165) is 0 Å². The van der Waals surface area contributed by atoms with Gasteiger partial charge in [0.25, 0.3) is 0 Å². The van der Waals surface area contributed by atoms with Crippen LogP contribution in [0, 0.1) is 0 Å². The fourth-order valence-corrected chi connectivity index (χ4v) is 1.53. The Bertz CT molecular complexity index is 275. The standard InChI is InChI=1S/C9H10O4/c1-9(2)12-7-5(10)3-4-6(11)8(7)13-9/h3-4,7-8H,1-2H3/t7-,8-/m0/s1. The van der Waals surface area contributed by atoms with Crippen molar-refractivity contribution >= 4 is 11.6 Å². The van der Waals surface area contributed by atoms with Gasteiger partial charge in [-0.15, -0.1) is 0 Å². The summed E-state index contributed by atoms with van der Waals surface area (Å²) in [4.78, 5) is 22.5. The first-order chi connectivity index (χ1) is 5.99. The molecule has 70 valence electrons. The van der Waals surface area contributed by atoms with Gasteiger partial charge in [0, 0.05) is 0 Å². The van der Waals surface area contributed by atoms with Crippen LogP contribution in [0.15, 0.2) is 12.2 Å². The second kappa shape index (κ2) is 2.49. The van der Waals surface area contributed by atoms with Gasteiger partial charge in [-0.2, -0.15) is 0 Å². The Labute approximate surface area is 75.5 Å². The maximum absolute atomic E-state index is 11.3. The Balaban J connectivity index is 2.31. The molecule has 0 spiro atoms. The summed E-state index contributed by atoms with van der Waals surface area (Å²) in [6, 6.07) is 0. The van der Waals surface area contributed by atoms with Gasteiger partial charge in [-0.3, -0.25) is 9.59 Å². The third kappa shape index (κ3) is 1.32. The molecule has 4 heteroatoms. The van der Waals surface area contributed by atoms with Gasteiger partial charge < -0.3 is 9.47 Å². The molecule has 1 saturated heterocycles. The lowest BCUT2D eigenvalue weighted by Crippen LogP contribution is -2.38. The summed E-state index contributed by atoms with van der Waals surface area (Å²) in [6.45, 7) is 3.37.